The fourth-order valence-electron chi connectivity index (χ4n) is 1.81. The Kier molecular flexibility index (Phi) is 5.65. The Labute approximate surface area is 128 Å². The van der Waals surface area contributed by atoms with Crippen LogP contribution in [0.15, 0.2) is 36.5 Å². The van der Waals surface area contributed by atoms with Crippen LogP contribution in [0.25, 0.3) is 5.69 Å². The fraction of sp³-hybridized carbons (Fsp3) is 0.333. The van der Waals surface area contributed by atoms with Crippen molar-refractivity contribution in [1.82, 2.24) is 20.3 Å². The predicted molar refractivity (Wildman–Crippen MR) is 79.6 cm³/mol. The lowest BCUT2D eigenvalue weighted by molar-refractivity contribution is -0.143. The Bertz CT molecular complexity index is 625. The molecule has 2 aromatic rings. The van der Waals surface area contributed by atoms with Crippen molar-refractivity contribution in [3.05, 3.63) is 42.2 Å². The largest absolute Gasteiger partial charge is 0.466 e. The zero-order chi connectivity index (χ0) is 15.8. The topological polar surface area (TPSA) is 86.1 Å². The van der Waals surface area contributed by atoms with Crippen molar-refractivity contribution in [2.75, 3.05) is 13.2 Å². The second kappa shape index (κ2) is 7.92. The van der Waals surface area contributed by atoms with Gasteiger partial charge in [0, 0.05) is 13.0 Å². The Hall–Kier alpha value is -2.70. The molecule has 0 saturated carbocycles. The summed E-state index contributed by atoms with van der Waals surface area (Å²) >= 11 is 0. The molecule has 0 radical (unpaired) electrons. The van der Waals surface area contributed by atoms with Gasteiger partial charge in [0.1, 0.15) is 0 Å². The number of carbonyl (C=O) groups excluding carboxylic acids is 2. The predicted octanol–water partition coefficient (Wildman–Crippen LogP) is 1.34. The molecule has 0 bridgehead atoms. The Morgan fingerprint density at radius 1 is 1.27 bits per heavy atom. The molecule has 7 heteroatoms. The first kappa shape index (κ1) is 15.7. The summed E-state index contributed by atoms with van der Waals surface area (Å²) < 4.78 is 4.81. The van der Waals surface area contributed by atoms with Crippen molar-refractivity contribution in [3.8, 4) is 5.69 Å². The summed E-state index contributed by atoms with van der Waals surface area (Å²) in [7, 11) is 0. The van der Waals surface area contributed by atoms with Gasteiger partial charge < -0.3 is 10.1 Å². The van der Waals surface area contributed by atoms with Crippen molar-refractivity contribution < 1.29 is 14.3 Å². The molecule has 22 heavy (non-hydrogen) atoms. The summed E-state index contributed by atoms with van der Waals surface area (Å²) in [4.78, 5) is 24.5. The van der Waals surface area contributed by atoms with Crippen LogP contribution in [0.1, 0.15) is 30.3 Å². The average molecular weight is 302 g/mol. The van der Waals surface area contributed by atoms with Gasteiger partial charge in [-0.05, 0) is 25.5 Å². The van der Waals surface area contributed by atoms with E-state index in [9.17, 15) is 9.59 Å². The number of hydrogen-bond acceptors (Lipinski definition) is 5. The number of rotatable bonds is 7. The normalized spacial score (nSPS) is 10.2. The SMILES string of the molecule is CCOC(=O)CCCNC(=O)c1cnn(-c2ccccc2)n1. The zero-order valence-corrected chi connectivity index (χ0v) is 12.4. The number of carbonyl (C=O) groups is 2. The summed E-state index contributed by atoms with van der Waals surface area (Å²) in [6.45, 7) is 2.51. The molecular formula is C15H18N4O3. The quantitative estimate of drug-likeness (QED) is 0.616. The summed E-state index contributed by atoms with van der Waals surface area (Å²) in [6.07, 6.45) is 2.22. The van der Waals surface area contributed by atoms with Crippen LogP contribution < -0.4 is 5.32 Å². The second-order valence-electron chi connectivity index (χ2n) is 4.52. The van der Waals surface area contributed by atoms with Crippen molar-refractivity contribution in [2.24, 2.45) is 0 Å². The number of amides is 1. The van der Waals surface area contributed by atoms with E-state index in [1.165, 1.54) is 11.0 Å². The summed E-state index contributed by atoms with van der Waals surface area (Å²) in [5.74, 6) is -0.571. The highest BCUT2D eigenvalue weighted by atomic mass is 16.5. The Morgan fingerprint density at radius 3 is 2.77 bits per heavy atom. The smallest absolute Gasteiger partial charge is 0.305 e. The molecule has 0 aliphatic heterocycles. The van der Waals surface area contributed by atoms with E-state index in [0.717, 1.165) is 5.69 Å². The van der Waals surface area contributed by atoms with Gasteiger partial charge in [-0.2, -0.15) is 9.90 Å². The van der Waals surface area contributed by atoms with Crippen LogP contribution in [0.3, 0.4) is 0 Å². The summed E-state index contributed by atoms with van der Waals surface area (Å²) in [5.41, 5.74) is 1.02. The molecule has 2 rings (SSSR count). The van der Waals surface area contributed by atoms with E-state index in [2.05, 4.69) is 15.5 Å². The molecule has 116 valence electrons. The van der Waals surface area contributed by atoms with E-state index in [1.54, 1.807) is 6.92 Å². The number of benzene rings is 1. The number of esters is 1. The molecule has 0 saturated heterocycles. The highest BCUT2D eigenvalue weighted by molar-refractivity contribution is 5.91. The van der Waals surface area contributed by atoms with Gasteiger partial charge in [0.15, 0.2) is 5.69 Å². The maximum atomic E-state index is 11.9. The zero-order valence-electron chi connectivity index (χ0n) is 12.4. The molecule has 0 aliphatic rings. The van der Waals surface area contributed by atoms with Gasteiger partial charge in [0.05, 0.1) is 18.5 Å². The molecule has 0 unspecified atom stereocenters. The van der Waals surface area contributed by atoms with Gasteiger partial charge in [-0.15, -0.1) is 5.10 Å². The minimum absolute atomic E-state index is 0.236. The molecule has 0 atom stereocenters. The van der Waals surface area contributed by atoms with Crippen molar-refractivity contribution in [2.45, 2.75) is 19.8 Å². The fourth-order valence-corrected chi connectivity index (χ4v) is 1.81. The minimum atomic E-state index is -0.314. The molecule has 0 aliphatic carbocycles. The Balaban J connectivity index is 1.81. The van der Waals surface area contributed by atoms with Crippen molar-refractivity contribution in [1.29, 1.82) is 0 Å². The van der Waals surface area contributed by atoms with Gasteiger partial charge in [-0.3, -0.25) is 9.59 Å². The van der Waals surface area contributed by atoms with Crippen molar-refractivity contribution >= 4 is 11.9 Å². The van der Waals surface area contributed by atoms with Gasteiger partial charge in [0.25, 0.3) is 5.91 Å². The van der Waals surface area contributed by atoms with Gasteiger partial charge in [-0.25, -0.2) is 0 Å². The molecule has 1 N–H and O–H groups in total. The minimum Gasteiger partial charge on any atom is -0.466 e. The highest BCUT2D eigenvalue weighted by Crippen LogP contribution is 2.04. The standard InChI is InChI=1S/C15H18N4O3/c1-2-22-14(20)9-6-10-16-15(21)13-11-17-19(18-13)12-7-4-3-5-8-12/h3-5,7-8,11H,2,6,9-10H2,1H3,(H,16,21). The molecule has 0 fully saturated rings. The van der Waals surface area contributed by atoms with Gasteiger partial charge >= 0.3 is 5.97 Å². The van der Waals surface area contributed by atoms with E-state index in [0.29, 0.717) is 19.6 Å². The Morgan fingerprint density at radius 2 is 2.05 bits per heavy atom. The molecule has 0 spiro atoms. The third-order valence-electron chi connectivity index (χ3n) is 2.86. The molecule has 7 nitrogen and oxygen atoms in total. The second-order valence-corrected chi connectivity index (χ2v) is 4.52. The maximum Gasteiger partial charge on any atom is 0.305 e. The summed E-state index contributed by atoms with van der Waals surface area (Å²) in [5, 5.41) is 10.9. The van der Waals surface area contributed by atoms with Crippen LogP contribution in [0.5, 0.6) is 0 Å². The van der Waals surface area contributed by atoms with Crippen LogP contribution in [0, 0.1) is 0 Å². The molecule has 1 amide bonds. The number of para-hydroxylation sites is 1. The number of ether oxygens (including phenoxy) is 1. The van der Waals surface area contributed by atoms with Crippen molar-refractivity contribution in [3.63, 3.8) is 0 Å². The number of nitrogens with one attached hydrogen (secondary N) is 1. The number of hydrogen-bond donors (Lipinski definition) is 1. The lowest BCUT2D eigenvalue weighted by Gasteiger charge is -2.03. The third-order valence-corrected chi connectivity index (χ3v) is 2.86. The van der Waals surface area contributed by atoms with Gasteiger partial charge in [-0.1, -0.05) is 18.2 Å². The van der Waals surface area contributed by atoms with Crippen LogP contribution in [0.4, 0.5) is 0 Å². The number of aromatic nitrogens is 3. The van der Waals surface area contributed by atoms with Crippen LogP contribution in [0.2, 0.25) is 0 Å². The van der Waals surface area contributed by atoms with Crippen LogP contribution in [-0.2, 0) is 9.53 Å². The van der Waals surface area contributed by atoms with E-state index >= 15 is 0 Å². The molecular weight excluding hydrogens is 284 g/mol. The van der Waals surface area contributed by atoms with E-state index in [1.807, 2.05) is 30.3 Å². The van der Waals surface area contributed by atoms with Crippen LogP contribution in [-0.4, -0.2) is 40.0 Å². The lowest BCUT2D eigenvalue weighted by atomic mass is 10.3. The average Bonchev–Trinajstić information content (AvgIpc) is 3.02. The summed E-state index contributed by atoms with van der Waals surface area (Å²) in [6, 6.07) is 9.33. The maximum absolute atomic E-state index is 11.9. The first-order valence-corrected chi connectivity index (χ1v) is 7.12. The first-order valence-electron chi connectivity index (χ1n) is 7.12. The van der Waals surface area contributed by atoms with E-state index < -0.39 is 0 Å². The number of nitrogens with zero attached hydrogens (tertiary/aromatic N) is 3. The van der Waals surface area contributed by atoms with Crippen LogP contribution >= 0.6 is 0 Å². The monoisotopic (exact) mass is 302 g/mol. The van der Waals surface area contributed by atoms with E-state index in [4.69, 9.17) is 4.74 Å². The third kappa shape index (κ3) is 4.41. The lowest BCUT2D eigenvalue weighted by Crippen LogP contribution is -2.25. The first-order chi connectivity index (χ1) is 10.7. The van der Waals surface area contributed by atoms with E-state index in [-0.39, 0.29) is 24.0 Å². The molecule has 1 aromatic heterocycles. The highest BCUT2D eigenvalue weighted by Gasteiger charge is 2.11. The molecule has 1 aromatic carbocycles. The molecule has 1 heterocycles. The van der Waals surface area contributed by atoms with Gasteiger partial charge in [0.2, 0.25) is 0 Å².